The number of benzene rings is 1. The molecule has 1 aliphatic rings. The molecule has 0 spiro atoms. The summed E-state index contributed by atoms with van der Waals surface area (Å²) in [5.74, 6) is 0.147. The van der Waals surface area contributed by atoms with Crippen molar-refractivity contribution in [3.63, 3.8) is 0 Å². The van der Waals surface area contributed by atoms with Crippen LogP contribution in [0, 0.1) is 0 Å². The maximum Gasteiger partial charge on any atom is 0.409 e. The monoisotopic (exact) mass is 391 g/mol. The Hall–Kier alpha value is -2.77. The summed E-state index contributed by atoms with van der Waals surface area (Å²) in [4.78, 5) is 39.7. The van der Waals surface area contributed by atoms with Gasteiger partial charge in [-0.15, -0.1) is 0 Å². The molecule has 1 aromatic carbocycles. The van der Waals surface area contributed by atoms with Crippen molar-refractivity contribution >= 4 is 23.6 Å². The van der Waals surface area contributed by atoms with Gasteiger partial charge in [0.15, 0.2) is 0 Å². The van der Waals surface area contributed by atoms with E-state index in [-0.39, 0.29) is 30.5 Å². The number of ether oxygens (including phenoxy) is 2. The van der Waals surface area contributed by atoms with Gasteiger partial charge < -0.3 is 24.6 Å². The molecule has 1 N–H and O–H groups in total. The van der Waals surface area contributed by atoms with Crippen LogP contribution in [0.1, 0.15) is 33.6 Å². The molecular weight excluding hydrogens is 362 g/mol. The molecule has 0 atom stereocenters. The van der Waals surface area contributed by atoms with Crippen molar-refractivity contribution in [3.05, 3.63) is 24.3 Å². The summed E-state index contributed by atoms with van der Waals surface area (Å²) in [6.07, 6.45) is 0.892. The lowest BCUT2D eigenvalue weighted by atomic mass is 10.0. The van der Waals surface area contributed by atoms with Gasteiger partial charge in [0.2, 0.25) is 11.8 Å². The first-order chi connectivity index (χ1) is 13.5. The highest BCUT2D eigenvalue weighted by atomic mass is 16.6. The van der Waals surface area contributed by atoms with Crippen LogP contribution < -0.4 is 10.1 Å². The number of nitrogens with one attached hydrogen (secondary N) is 1. The van der Waals surface area contributed by atoms with E-state index in [1.807, 2.05) is 19.1 Å². The van der Waals surface area contributed by atoms with Gasteiger partial charge in [0.25, 0.3) is 0 Å². The van der Waals surface area contributed by atoms with Gasteiger partial charge in [0, 0.05) is 26.1 Å². The molecule has 28 heavy (non-hydrogen) atoms. The van der Waals surface area contributed by atoms with Gasteiger partial charge in [-0.05, 0) is 38.8 Å². The van der Waals surface area contributed by atoms with Crippen LogP contribution in [0.4, 0.5) is 10.5 Å². The Labute approximate surface area is 165 Å². The number of rotatable bonds is 7. The Morgan fingerprint density at radius 1 is 1.14 bits per heavy atom. The average Bonchev–Trinajstić information content (AvgIpc) is 2.68. The molecule has 2 rings (SSSR count). The van der Waals surface area contributed by atoms with Crippen LogP contribution >= 0.6 is 0 Å². The fourth-order valence-corrected chi connectivity index (χ4v) is 3.27. The number of likely N-dealkylation sites (tertiary alicyclic amines) is 1. The van der Waals surface area contributed by atoms with Crippen molar-refractivity contribution in [2.75, 3.05) is 38.2 Å². The Morgan fingerprint density at radius 3 is 2.43 bits per heavy atom. The Kier molecular flexibility index (Phi) is 8.10. The molecule has 3 amide bonds. The molecule has 0 radical (unpaired) electrons. The van der Waals surface area contributed by atoms with E-state index >= 15 is 0 Å². The quantitative estimate of drug-likeness (QED) is 0.771. The van der Waals surface area contributed by atoms with Gasteiger partial charge in [-0.25, -0.2) is 4.79 Å². The highest BCUT2D eigenvalue weighted by Crippen LogP contribution is 2.24. The lowest BCUT2D eigenvalue weighted by Gasteiger charge is -2.37. The predicted octanol–water partition coefficient (Wildman–Crippen LogP) is 2.49. The van der Waals surface area contributed by atoms with Crippen molar-refractivity contribution in [1.29, 1.82) is 0 Å². The number of piperidine rings is 1. The molecule has 1 aliphatic heterocycles. The molecular formula is C20H29N3O5. The number of para-hydroxylation sites is 2. The zero-order chi connectivity index (χ0) is 20.5. The fraction of sp³-hybridized carbons (Fsp3) is 0.550. The lowest BCUT2D eigenvalue weighted by Crippen LogP contribution is -2.50. The Morgan fingerprint density at radius 2 is 1.82 bits per heavy atom. The molecule has 0 saturated carbocycles. The minimum Gasteiger partial charge on any atom is -0.492 e. The summed E-state index contributed by atoms with van der Waals surface area (Å²) in [5.41, 5.74) is 0.579. The molecule has 8 heteroatoms. The summed E-state index contributed by atoms with van der Waals surface area (Å²) in [5, 5.41) is 2.82. The van der Waals surface area contributed by atoms with Gasteiger partial charge in [-0.3, -0.25) is 9.59 Å². The third-order valence-electron chi connectivity index (χ3n) is 4.61. The molecule has 1 fully saturated rings. The van der Waals surface area contributed by atoms with Crippen molar-refractivity contribution in [1.82, 2.24) is 9.80 Å². The normalized spacial score (nSPS) is 14.3. The molecule has 0 bridgehead atoms. The number of nitrogens with zero attached hydrogens (tertiary/aromatic N) is 2. The van der Waals surface area contributed by atoms with Gasteiger partial charge in [0.05, 0.1) is 18.9 Å². The van der Waals surface area contributed by atoms with E-state index in [1.165, 1.54) is 6.92 Å². The van der Waals surface area contributed by atoms with Crippen molar-refractivity contribution in [2.45, 2.75) is 39.7 Å². The summed E-state index contributed by atoms with van der Waals surface area (Å²) in [6.45, 7) is 6.89. The van der Waals surface area contributed by atoms with E-state index in [4.69, 9.17) is 9.47 Å². The second-order valence-electron chi connectivity index (χ2n) is 6.54. The van der Waals surface area contributed by atoms with Gasteiger partial charge in [0.1, 0.15) is 12.3 Å². The maximum atomic E-state index is 12.5. The molecule has 8 nitrogen and oxygen atoms in total. The van der Waals surface area contributed by atoms with Crippen LogP contribution in [0.3, 0.4) is 0 Å². The standard InChI is InChI=1S/C20H29N3O5/c1-4-27-18-9-7-6-8-17(18)21-19(25)14-23(15(3)24)16-10-12-22(13-11-16)20(26)28-5-2/h6-9,16H,4-5,10-14H2,1-3H3,(H,21,25). The topological polar surface area (TPSA) is 88.2 Å². The lowest BCUT2D eigenvalue weighted by molar-refractivity contribution is -0.136. The second-order valence-corrected chi connectivity index (χ2v) is 6.54. The Bertz CT molecular complexity index is 686. The number of carbonyl (C=O) groups excluding carboxylic acids is 3. The van der Waals surface area contributed by atoms with E-state index in [0.29, 0.717) is 50.6 Å². The number of carbonyl (C=O) groups is 3. The molecule has 0 aliphatic carbocycles. The van der Waals surface area contributed by atoms with E-state index in [0.717, 1.165) is 0 Å². The van der Waals surface area contributed by atoms with Crippen LogP contribution in [0.5, 0.6) is 5.75 Å². The molecule has 1 heterocycles. The van der Waals surface area contributed by atoms with Crippen LogP contribution in [0.2, 0.25) is 0 Å². The number of anilines is 1. The minimum absolute atomic E-state index is 0.0418. The summed E-state index contributed by atoms with van der Waals surface area (Å²) < 4.78 is 10.5. The third kappa shape index (κ3) is 5.87. The Balaban J connectivity index is 1.95. The molecule has 1 aromatic rings. The van der Waals surface area contributed by atoms with Gasteiger partial charge >= 0.3 is 6.09 Å². The van der Waals surface area contributed by atoms with E-state index in [2.05, 4.69) is 5.32 Å². The predicted molar refractivity (Wildman–Crippen MR) is 105 cm³/mol. The average molecular weight is 391 g/mol. The summed E-state index contributed by atoms with van der Waals surface area (Å²) >= 11 is 0. The number of amides is 3. The second kappa shape index (κ2) is 10.5. The van der Waals surface area contributed by atoms with E-state index < -0.39 is 0 Å². The highest BCUT2D eigenvalue weighted by molar-refractivity contribution is 5.95. The van der Waals surface area contributed by atoms with Crippen LogP contribution in [-0.2, 0) is 14.3 Å². The number of hydrogen-bond acceptors (Lipinski definition) is 5. The first-order valence-electron chi connectivity index (χ1n) is 9.66. The smallest absolute Gasteiger partial charge is 0.409 e. The fourth-order valence-electron chi connectivity index (χ4n) is 3.27. The summed E-state index contributed by atoms with van der Waals surface area (Å²) in [7, 11) is 0. The van der Waals surface area contributed by atoms with Crippen molar-refractivity contribution in [3.8, 4) is 5.75 Å². The van der Waals surface area contributed by atoms with Gasteiger partial charge in [-0.2, -0.15) is 0 Å². The zero-order valence-corrected chi connectivity index (χ0v) is 16.8. The minimum atomic E-state index is -0.333. The van der Waals surface area contributed by atoms with E-state index in [1.54, 1.807) is 28.9 Å². The first kappa shape index (κ1) is 21.5. The zero-order valence-electron chi connectivity index (χ0n) is 16.8. The van der Waals surface area contributed by atoms with Crippen LogP contribution in [-0.4, -0.2) is 66.6 Å². The summed E-state index contributed by atoms with van der Waals surface area (Å²) in [6, 6.07) is 7.11. The van der Waals surface area contributed by atoms with Crippen molar-refractivity contribution < 1.29 is 23.9 Å². The highest BCUT2D eigenvalue weighted by Gasteiger charge is 2.30. The number of hydrogen-bond donors (Lipinski definition) is 1. The third-order valence-corrected chi connectivity index (χ3v) is 4.61. The molecule has 0 aromatic heterocycles. The van der Waals surface area contributed by atoms with Crippen molar-refractivity contribution in [2.24, 2.45) is 0 Å². The SMILES string of the molecule is CCOC(=O)N1CCC(N(CC(=O)Nc2ccccc2OCC)C(C)=O)CC1. The van der Waals surface area contributed by atoms with Gasteiger partial charge in [-0.1, -0.05) is 12.1 Å². The van der Waals surface area contributed by atoms with Crippen LogP contribution in [0.15, 0.2) is 24.3 Å². The molecule has 154 valence electrons. The first-order valence-corrected chi connectivity index (χ1v) is 9.66. The maximum absolute atomic E-state index is 12.5. The molecule has 1 saturated heterocycles. The van der Waals surface area contributed by atoms with E-state index in [9.17, 15) is 14.4 Å². The molecule has 0 unspecified atom stereocenters. The largest absolute Gasteiger partial charge is 0.492 e. The van der Waals surface area contributed by atoms with Crippen LogP contribution in [0.25, 0.3) is 0 Å².